The Kier molecular flexibility index (Phi) is 10.2. The van der Waals surface area contributed by atoms with Crippen molar-refractivity contribution in [2.75, 3.05) is 0 Å². The minimum Gasteiger partial charge on any atom is -0.0808 e. The maximum atomic E-state index is 2.59. The molecule has 0 aromatic heterocycles. The summed E-state index contributed by atoms with van der Waals surface area (Å²) in [6.07, 6.45) is 10.6. The van der Waals surface area contributed by atoms with Crippen LogP contribution >= 0.6 is 7.92 Å². The molecule has 0 rings (SSSR count). The predicted molar refractivity (Wildman–Crippen MR) is 84.3 cm³/mol. The van der Waals surface area contributed by atoms with Crippen molar-refractivity contribution in [3.8, 4) is 0 Å². The normalized spacial score (nSPS) is 13.1. The Bertz CT molecular complexity index is 196. The van der Waals surface area contributed by atoms with Crippen LogP contribution < -0.4 is 0 Å². The lowest BCUT2D eigenvalue weighted by Gasteiger charge is -2.29. The molecule has 0 spiro atoms. The van der Waals surface area contributed by atoms with Crippen molar-refractivity contribution in [1.82, 2.24) is 0 Å². The SMILES string of the molecule is CCCCC=C(CCCC)P(C(C)C)C(C)C. The van der Waals surface area contributed by atoms with Crippen LogP contribution in [-0.2, 0) is 0 Å². The number of hydrogen-bond acceptors (Lipinski definition) is 0. The highest BCUT2D eigenvalue weighted by Gasteiger charge is 2.20. The molecule has 0 heterocycles. The van der Waals surface area contributed by atoms with Gasteiger partial charge < -0.3 is 0 Å². The molecule has 0 aliphatic carbocycles. The third-order valence-corrected chi connectivity index (χ3v) is 6.46. The summed E-state index contributed by atoms with van der Waals surface area (Å²) in [4.78, 5) is 0. The first kappa shape index (κ1) is 17.2. The van der Waals surface area contributed by atoms with E-state index in [4.69, 9.17) is 0 Å². The third-order valence-electron chi connectivity index (χ3n) is 3.17. The molecule has 0 unspecified atom stereocenters. The molecule has 0 radical (unpaired) electrons. The molecule has 0 aliphatic rings. The summed E-state index contributed by atoms with van der Waals surface area (Å²) in [7, 11) is 0.0908. The van der Waals surface area contributed by atoms with Gasteiger partial charge in [-0.2, -0.15) is 0 Å². The zero-order valence-electron chi connectivity index (χ0n) is 12.9. The molecular weight excluding hydrogens is 223 g/mol. The van der Waals surface area contributed by atoms with Crippen LogP contribution in [-0.4, -0.2) is 11.3 Å². The van der Waals surface area contributed by atoms with E-state index in [1.54, 1.807) is 5.31 Å². The van der Waals surface area contributed by atoms with Crippen LogP contribution in [0.2, 0.25) is 0 Å². The molecule has 0 saturated heterocycles. The van der Waals surface area contributed by atoms with Crippen molar-refractivity contribution in [3.05, 3.63) is 11.4 Å². The predicted octanol–water partition coefficient (Wildman–Crippen LogP) is 6.55. The first-order valence-electron chi connectivity index (χ1n) is 7.51. The van der Waals surface area contributed by atoms with Gasteiger partial charge in [-0.3, -0.25) is 0 Å². The molecule has 0 N–H and O–H groups in total. The fraction of sp³-hybridized carbons (Fsp3) is 0.875. The molecule has 0 aliphatic heterocycles. The largest absolute Gasteiger partial charge is 0.0808 e. The molecule has 0 bridgehead atoms. The zero-order chi connectivity index (χ0) is 13.3. The molecule has 102 valence electrons. The molecular formula is C16H33P. The standard InChI is InChI=1S/C16H33P/c1-7-9-11-13-16(12-10-8-2)17(14(3)4)15(5)6/h13-15H,7-12H2,1-6H3. The zero-order valence-corrected chi connectivity index (χ0v) is 13.8. The van der Waals surface area contributed by atoms with E-state index in [-0.39, 0.29) is 7.92 Å². The number of allylic oxidation sites excluding steroid dienone is 2. The Hall–Kier alpha value is 0.170. The molecule has 0 fully saturated rings. The molecule has 1 heteroatoms. The second kappa shape index (κ2) is 10.1. The minimum atomic E-state index is 0.0908. The Morgan fingerprint density at radius 2 is 1.47 bits per heavy atom. The maximum Gasteiger partial charge on any atom is -0.0227 e. The van der Waals surface area contributed by atoms with Crippen LogP contribution in [0.3, 0.4) is 0 Å². The fourth-order valence-electron chi connectivity index (χ4n) is 2.43. The highest BCUT2D eigenvalue weighted by molar-refractivity contribution is 7.63. The smallest absolute Gasteiger partial charge is 0.0227 e. The van der Waals surface area contributed by atoms with E-state index < -0.39 is 0 Å². The summed E-state index contributed by atoms with van der Waals surface area (Å²) in [5.74, 6) is 0. The van der Waals surface area contributed by atoms with Crippen LogP contribution in [0, 0.1) is 0 Å². The summed E-state index contributed by atoms with van der Waals surface area (Å²) in [5, 5.41) is 1.81. The molecule has 0 nitrogen and oxygen atoms in total. The summed E-state index contributed by atoms with van der Waals surface area (Å²) >= 11 is 0. The van der Waals surface area contributed by atoms with Gasteiger partial charge in [0.15, 0.2) is 0 Å². The van der Waals surface area contributed by atoms with Crippen molar-refractivity contribution in [2.24, 2.45) is 0 Å². The van der Waals surface area contributed by atoms with E-state index in [0.29, 0.717) is 0 Å². The second-order valence-electron chi connectivity index (χ2n) is 5.54. The van der Waals surface area contributed by atoms with E-state index in [0.717, 1.165) is 11.3 Å². The Balaban J connectivity index is 4.66. The summed E-state index contributed by atoms with van der Waals surface area (Å²) in [6, 6.07) is 0. The van der Waals surface area contributed by atoms with Gasteiger partial charge in [-0.05, 0) is 35.9 Å². The first-order chi connectivity index (χ1) is 8.04. The Labute approximate surface area is 111 Å². The summed E-state index contributed by atoms with van der Waals surface area (Å²) in [6.45, 7) is 14.2. The summed E-state index contributed by atoms with van der Waals surface area (Å²) in [5.41, 5.74) is 1.68. The van der Waals surface area contributed by atoms with Crippen molar-refractivity contribution < 1.29 is 0 Å². The second-order valence-corrected chi connectivity index (χ2v) is 8.99. The van der Waals surface area contributed by atoms with Crippen molar-refractivity contribution in [1.29, 1.82) is 0 Å². The van der Waals surface area contributed by atoms with Gasteiger partial charge in [0, 0.05) is 0 Å². The topological polar surface area (TPSA) is 0 Å². The van der Waals surface area contributed by atoms with Gasteiger partial charge in [-0.15, -0.1) is 0 Å². The van der Waals surface area contributed by atoms with Crippen molar-refractivity contribution >= 4 is 7.92 Å². The van der Waals surface area contributed by atoms with Crippen LogP contribution in [0.1, 0.15) is 80.1 Å². The molecule has 0 amide bonds. The number of unbranched alkanes of at least 4 members (excludes halogenated alkanes) is 3. The molecule has 0 saturated carbocycles. The van der Waals surface area contributed by atoms with Crippen molar-refractivity contribution in [2.45, 2.75) is 91.4 Å². The average Bonchev–Trinajstić information content (AvgIpc) is 2.24. The lowest BCUT2D eigenvalue weighted by Crippen LogP contribution is -2.05. The van der Waals surface area contributed by atoms with Crippen LogP contribution in [0.25, 0.3) is 0 Å². The monoisotopic (exact) mass is 256 g/mol. The first-order valence-corrected chi connectivity index (χ1v) is 8.99. The van der Waals surface area contributed by atoms with Gasteiger partial charge in [0.2, 0.25) is 0 Å². The Morgan fingerprint density at radius 3 is 1.88 bits per heavy atom. The molecule has 0 atom stereocenters. The summed E-state index contributed by atoms with van der Waals surface area (Å²) < 4.78 is 0. The quantitative estimate of drug-likeness (QED) is 0.324. The van der Waals surface area contributed by atoms with Gasteiger partial charge in [0.25, 0.3) is 0 Å². The van der Waals surface area contributed by atoms with Gasteiger partial charge in [-0.1, -0.05) is 74.8 Å². The fourth-order valence-corrected chi connectivity index (χ4v) is 5.70. The third kappa shape index (κ3) is 7.24. The van der Waals surface area contributed by atoms with Gasteiger partial charge in [-0.25, -0.2) is 0 Å². The molecule has 17 heavy (non-hydrogen) atoms. The van der Waals surface area contributed by atoms with E-state index >= 15 is 0 Å². The molecule has 0 aromatic rings. The maximum absolute atomic E-state index is 2.59. The lowest BCUT2D eigenvalue weighted by atomic mass is 10.2. The van der Waals surface area contributed by atoms with Crippen LogP contribution in [0.5, 0.6) is 0 Å². The van der Waals surface area contributed by atoms with Gasteiger partial charge in [0.1, 0.15) is 0 Å². The number of rotatable bonds is 9. The Morgan fingerprint density at radius 1 is 0.941 bits per heavy atom. The van der Waals surface area contributed by atoms with Gasteiger partial charge in [0.05, 0.1) is 0 Å². The van der Waals surface area contributed by atoms with E-state index in [1.807, 2.05) is 0 Å². The number of hydrogen-bond donors (Lipinski definition) is 0. The van der Waals surface area contributed by atoms with E-state index in [1.165, 1.54) is 38.5 Å². The lowest BCUT2D eigenvalue weighted by molar-refractivity contribution is 0.783. The highest BCUT2D eigenvalue weighted by atomic mass is 31.1. The molecule has 0 aromatic carbocycles. The van der Waals surface area contributed by atoms with E-state index in [2.05, 4.69) is 47.6 Å². The van der Waals surface area contributed by atoms with Gasteiger partial charge >= 0.3 is 0 Å². The van der Waals surface area contributed by atoms with Crippen molar-refractivity contribution in [3.63, 3.8) is 0 Å². The van der Waals surface area contributed by atoms with E-state index in [9.17, 15) is 0 Å². The van der Waals surface area contributed by atoms with Crippen LogP contribution in [0.15, 0.2) is 11.4 Å². The highest BCUT2D eigenvalue weighted by Crippen LogP contribution is 2.55. The average molecular weight is 256 g/mol. The van der Waals surface area contributed by atoms with Crippen LogP contribution in [0.4, 0.5) is 0 Å². The minimum absolute atomic E-state index is 0.0908.